The molecule has 28 heavy (non-hydrogen) atoms. The maximum atomic E-state index is 12.2. The van der Waals surface area contributed by atoms with Crippen LogP contribution in [0.2, 0.25) is 0 Å². The van der Waals surface area contributed by atoms with Crippen molar-refractivity contribution in [2.45, 2.75) is 58.9 Å². The van der Waals surface area contributed by atoms with Gasteiger partial charge >= 0.3 is 5.97 Å². The van der Waals surface area contributed by atoms with Crippen LogP contribution in [0.25, 0.3) is 10.4 Å². The van der Waals surface area contributed by atoms with E-state index in [0.717, 1.165) is 47.4 Å². The lowest BCUT2D eigenvalue weighted by Crippen LogP contribution is -2.37. The van der Waals surface area contributed by atoms with E-state index in [4.69, 9.17) is 5.84 Å². The zero-order chi connectivity index (χ0) is 19.9. The molecular weight excluding hydrogens is 368 g/mol. The first kappa shape index (κ1) is 19.6. The van der Waals surface area contributed by atoms with Crippen LogP contribution in [0, 0.1) is 11.3 Å². The van der Waals surface area contributed by atoms with Gasteiger partial charge in [0, 0.05) is 22.8 Å². The number of aryl methyl sites for hydroxylation is 1. The molecule has 0 bridgehead atoms. The molecule has 1 aromatic carbocycles. The highest BCUT2D eigenvalue weighted by Crippen LogP contribution is 2.45. The van der Waals surface area contributed by atoms with E-state index in [0.29, 0.717) is 18.0 Å². The summed E-state index contributed by atoms with van der Waals surface area (Å²) in [6.07, 6.45) is 6.78. The van der Waals surface area contributed by atoms with E-state index < -0.39 is 5.97 Å². The second kappa shape index (κ2) is 7.62. The minimum atomic E-state index is -0.806. The van der Waals surface area contributed by atoms with Crippen LogP contribution >= 0.6 is 11.3 Å². The van der Waals surface area contributed by atoms with Crippen LogP contribution in [0.15, 0.2) is 24.3 Å². The number of rotatable bonds is 6. The Labute approximate surface area is 171 Å². The van der Waals surface area contributed by atoms with Gasteiger partial charge in [-0.1, -0.05) is 44.5 Å². The Balaban J connectivity index is 1.69. The normalized spacial score (nSPS) is 18.7. The Morgan fingerprint density at radius 3 is 2.75 bits per heavy atom. The van der Waals surface area contributed by atoms with E-state index in [1.165, 1.54) is 24.1 Å². The highest BCUT2D eigenvalue weighted by molar-refractivity contribution is 7.16. The van der Waals surface area contributed by atoms with Crippen LogP contribution in [-0.4, -0.2) is 22.6 Å². The van der Waals surface area contributed by atoms with Gasteiger partial charge in [-0.15, -0.1) is 11.3 Å². The van der Waals surface area contributed by atoms with Gasteiger partial charge in [0.1, 0.15) is 0 Å². The summed E-state index contributed by atoms with van der Waals surface area (Å²) in [4.78, 5) is 14.4. The van der Waals surface area contributed by atoms with Crippen LogP contribution in [0.5, 0.6) is 0 Å². The topological polar surface area (TPSA) is 66.6 Å². The highest BCUT2D eigenvalue weighted by Gasteiger charge is 2.33. The van der Waals surface area contributed by atoms with Crippen LogP contribution in [0.3, 0.4) is 0 Å². The number of thiophene rings is 1. The number of carbonyl (C=O) groups is 1. The second-order valence-corrected chi connectivity index (χ2v) is 10.3. The van der Waals surface area contributed by atoms with Crippen molar-refractivity contribution in [1.29, 1.82) is 0 Å². The maximum absolute atomic E-state index is 12.2. The Morgan fingerprint density at radius 1 is 1.32 bits per heavy atom. The predicted octanol–water partition coefficient (Wildman–Crippen LogP) is 5.10. The summed E-state index contributed by atoms with van der Waals surface area (Å²) < 4.78 is 0. The molecule has 0 unspecified atom stereocenters. The molecule has 0 saturated heterocycles. The SMILES string of the molecule is CC1(C)CCc2sc(-c3ccccc3CN(N)CC3CCC3)c(C(=O)O)c2C1. The maximum Gasteiger partial charge on any atom is 0.337 e. The first-order valence-electron chi connectivity index (χ1n) is 10.3. The summed E-state index contributed by atoms with van der Waals surface area (Å²) in [5, 5.41) is 11.9. The lowest BCUT2D eigenvalue weighted by molar-refractivity contribution is 0.0696. The summed E-state index contributed by atoms with van der Waals surface area (Å²) in [6, 6.07) is 8.17. The van der Waals surface area contributed by atoms with Crippen molar-refractivity contribution in [3.05, 3.63) is 45.8 Å². The molecule has 1 fully saturated rings. The van der Waals surface area contributed by atoms with Crippen LogP contribution in [-0.2, 0) is 19.4 Å². The molecule has 0 atom stereocenters. The molecule has 2 aromatic rings. The molecule has 4 nitrogen and oxygen atoms in total. The van der Waals surface area contributed by atoms with E-state index in [1.54, 1.807) is 11.3 Å². The molecule has 2 aliphatic rings. The average molecular weight is 399 g/mol. The number of carboxylic acid groups (broad SMARTS) is 1. The van der Waals surface area contributed by atoms with E-state index in [-0.39, 0.29) is 5.41 Å². The summed E-state index contributed by atoms with van der Waals surface area (Å²) in [5.41, 5.74) is 3.87. The Bertz CT molecular complexity index is 883. The van der Waals surface area contributed by atoms with Crippen molar-refractivity contribution in [3.63, 3.8) is 0 Å². The smallest absolute Gasteiger partial charge is 0.337 e. The number of hydrogen-bond donors (Lipinski definition) is 2. The molecule has 3 N–H and O–H groups in total. The Kier molecular flexibility index (Phi) is 5.34. The molecule has 5 heteroatoms. The Hall–Kier alpha value is -1.69. The van der Waals surface area contributed by atoms with E-state index in [1.807, 2.05) is 17.1 Å². The van der Waals surface area contributed by atoms with Crippen molar-refractivity contribution in [3.8, 4) is 10.4 Å². The van der Waals surface area contributed by atoms with Gasteiger partial charge in [-0.3, -0.25) is 5.84 Å². The number of aromatic carboxylic acids is 1. The minimum absolute atomic E-state index is 0.159. The largest absolute Gasteiger partial charge is 0.478 e. The summed E-state index contributed by atoms with van der Waals surface area (Å²) in [7, 11) is 0. The van der Waals surface area contributed by atoms with Gasteiger partial charge in [0.2, 0.25) is 0 Å². The number of nitrogens with two attached hydrogens (primary N) is 1. The van der Waals surface area contributed by atoms with Gasteiger partial charge < -0.3 is 5.11 Å². The molecule has 1 heterocycles. The van der Waals surface area contributed by atoms with E-state index in [2.05, 4.69) is 26.0 Å². The van der Waals surface area contributed by atoms with Gasteiger partial charge in [-0.05, 0) is 60.1 Å². The van der Waals surface area contributed by atoms with E-state index in [9.17, 15) is 9.90 Å². The molecule has 1 saturated carbocycles. The van der Waals surface area contributed by atoms with Gasteiger partial charge in [-0.25, -0.2) is 9.80 Å². The van der Waals surface area contributed by atoms with Gasteiger partial charge in [-0.2, -0.15) is 0 Å². The first-order valence-corrected chi connectivity index (χ1v) is 11.1. The highest BCUT2D eigenvalue weighted by atomic mass is 32.1. The molecule has 150 valence electrons. The molecular formula is C23H30N2O2S. The fourth-order valence-corrected chi connectivity index (χ4v) is 5.88. The van der Waals surface area contributed by atoms with E-state index >= 15 is 0 Å². The summed E-state index contributed by atoms with van der Waals surface area (Å²) in [6.45, 7) is 6.04. The zero-order valence-corrected chi connectivity index (χ0v) is 17.6. The molecule has 1 aromatic heterocycles. The number of carboxylic acids is 1. The quantitative estimate of drug-likeness (QED) is 0.524. The lowest BCUT2D eigenvalue weighted by Gasteiger charge is -2.30. The fraction of sp³-hybridized carbons (Fsp3) is 0.522. The van der Waals surface area contributed by atoms with Crippen LogP contribution in [0.1, 0.15) is 65.9 Å². The van der Waals surface area contributed by atoms with Crippen LogP contribution < -0.4 is 5.84 Å². The number of nitrogens with zero attached hydrogens (tertiary/aromatic N) is 1. The Morgan fingerprint density at radius 2 is 2.07 bits per heavy atom. The standard InChI is InChI=1S/C23H30N2O2S/c1-23(2)11-10-19-18(12-23)20(22(26)27)21(28-19)17-9-4-3-8-16(17)14-25(24)13-15-6-5-7-15/h3-4,8-9,15H,5-7,10-14,24H2,1-2H3,(H,26,27). The third-order valence-corrected chi connectivity index (χ3v) is 7.67. The van der Waals surface area contributed by atoms with Crippen molar-refractivity contribution < 1.29 is 9.90 Å². The second-order valence-electron chi connectivity index (χ2n) is 9.24. The molecule has 0 radical (unpaired) electrons. The average Bonchev–Trinajstić information content (AvgIpc) is 2.96. The number of fused-ring (bicyclic) bond motifs is 1. The fourth-order valence-electron chi connectivity index (χ4n) is 4.51. The van der Waals surface area contributed by atoms with Crippen molar-refractivity contribution in [2.24, 2.45) is 17.2 Å². The summed E-state index contributed by atoms with van der Waals surface area (Å²) >= 11 is 1.67. The summed E-state index contributed by atoms with van der Waals surface area (Å²) in [5.74, 6) is 6.22. The lowest BCUT2D eigenvalue weighted by atomic mass is 9.76. The molecule has 2 aliphatic carbocycles. The first-order chi connectivity index (χ1) is 13.3. The third-order valence-electron chi connectivity index (χ3n) is 6.34. The van der Waals surface area contributed by atoms with Gasteiger partial charge in [0.25, 0.3) is 0 Å². The van der Waals surface area contributed by atoms with Gasteiger partial charge in [0.15, 0.2) is 0 Å². The monoisotopic (exact) mass is 398 g/mol. The van der Waals surface area contributed by atoms with Crippen LogP contribution in [0.4, 0.5) is 0 Å². The molecule has 0 amide bonds. The minimum Gasteiger partial charge on any atom is -0.478 e. The van der Waals surface area contributed by atoms with Gasteiger partial charge in [0.05, 0.1) is 5.56 Å². The molecule has 4 rings (SSSR count). The third kappa shape index (κ3) is 3.88. The number of hydrazine groups is 1. The van der Waals surface area contributed by atoms with Crippen molar-refractivity contribution >= 4 is 17.3 Å². The predicted molar refractivity (Wildman–Crippen MR) is 114 cm³/mol. The number of hydrogen-bond acceptors (Lipinski definition) is 4. The van der Waals surface area contributed by atoms with Crippen molar-refractivity contribution in [1.82, 2.24) is 5.01 Å². The molecule has 0 spiro atoms. The molecule has 0 aliphatic heterocycles. The number of benzene rings is 1. The zero-order valence-electron chi connectivity index (χ0n) is 16.8. The van der Waals surface area contributed by atoms with Crippen molar-refractivity contribution in [2.75, 3.05) is 6.54 Å².